The Morgan fingerprint density at radius 2 is 1.88 bits per heavy atom. The van der Waals surface area contributed by atoms with Crippen LogP contribution < -0.4 is 4.74 Å². The molecule has 2 aromatic rings. The number of esters is 1. The van der Waals surface area contributed by atoms with Crippen LogP contribution in [0.2, 0.25) is 0 Å². The van der Waals surface area contributed by atoms with Crippen LogP contribution >= 0.6 is 11.8 Å². The summed E-state index contributed by atoms with van der Waals surface area (Å²) in [6, 6.07) is 11.6. The monoisotopic (exact) mass is 456 g/mol. The number of ketones is 1. The van der Waals surface area contributed by atoms with E-state index in [9.17, 15) is 14.7 Å². The molecule has 1 fully saturated rings. The molecule has 0 saturated heterocycles. The lowest BCUT2D eigenvalue weighted by Crippen LogP contribution is -2.27. The molecule has 1 aliphatic rings. The number of thioether (sulfide) groups is 1. The first-order valence-corrected chi connectivity index (χ1v) is 12.1. The summed E-state index contributed by atoms with van der Waals surface area (Å²) in [5.41, 5.74) is 2.04. The van der Waals surface area contributed by atoms with Crippen molar-refractivity contribution in [2.75, 3.05) is 7.11 Å². The summed E-state index contributed by atoms with van der Waals surface area (Å²) in [5, 5.41) is 11.1. The number of hydrogen-bond donors (Lipinski definition) is 1. The summed E-state index contributed by atoms with van der Waals surface area (Å²) in [7, 11) is 1.40. The molecule has 0 radical (unpaired) electrons. The molecule has 0 amide bonds. The zero-order valence-electron chi connectivity index (χ0n) is 19.1. The molecular weight excluding hydrogens is 424 g/mol. The number of phenolic OH excluding ortho intramolecular Hbond substituents is 1. The summed E-state index contributed by atoms with van der Waals surface area (Å²) >= 11 is 1.85. The van der Waals surface area contributed by atoms with Gasteiger partial charge in [0.25, 0.3) is 0 Å². The van der Waals surface area contributed by atoms with Crippen molar-refractivity contribution in [2.45, 2.75) is 75.0 Å². The summed E-state index contributed by atoms with van der Waals surface area (Å²) in [5.74, 6) is 0.378. The molecule has 2 atom stereocenters. The SMILES string of the molecule is CCCc1c(O[C@H]2CCC[C@@H](Sc3ccc(CC(=O)OC)cc3)C2)ccc(C(C)=O)c1O. The highest BCUT2D eigenvalue weighted by Gasteiger charge is 2.26. The van der Waals surface area contributed by atoms with Crippen molar-refractivity contribution in [3.05, 3.63) is 53.1 Å². The fourth-order valence-electron chi connectivity index (χ4n) is 4.12. The van der Waals surface area contributed by atoms with Gasteiger partial charge in [-0.1, -0.05) is 25.5 Å². The highest BCUT2D eigenvalue weighted by Crippen LogP contribution is 2.38. The Morgan fingerprint density at radius 3 is 2.53 bits per heavy atom. The Bertz CT molecular complexity index is 938. The van der Waals surface area contributed by atoms with Gasteiger partial charge in [-0.25, -0.2) is 0 Å². The van der Waals surface area contributed by atoms with Crippen molar-refractivity contribution in [1.29, 1.82) is 0 Å². The van der Waals surface area contributed by atoms with Gasteiger partial charge in [-0.05, 0) is 68.9 Å². The van der Waals surface area contributed by atoms with Crippen molar-refractivity contribution in [2.24, 2.45) is 0 Å². The Hall–Kier alpha value is -2.47. The van der Waals surface area contributed by atoms with Crippen molar-refractivity contribution in [1.82, 2.24) is 0 Å². The molecule has 1 N–H and O–H groups in total. The van der Waals surface area contributed by atoms with E-state index in [4.69, 9.17) is 9.47 Å². The van der Waals surface area contributed by atoms with Gasteiger partial charge >= 0.3 is 5.97 Å². The number of rotatable bonds is 9. The van der Waals surface area contributed by atoms with E-state index in [2.05, 4.69) is 12.1 Å². The zero-order valence-corrected chi connectivity index (χ0v) is 19.9. The quantitative estimate of drug-likeness (QED) is 0.383. The summed E-state index contributed by atoms with van der Waals surface area (Å²) in [4.78, 5) is 24.4. The van der Waals surface area contributed by atoms with Gasteiger partial charge in [-0.3, -0.25) is 9.59 Å². The van der Waals surface area contributed by atoms with Gasteiger partial charge in [-0.15, -0.1) is 11.8 Å². The van der Waals surface area contributed by atoms with Gasteiger partial charge in [0.15, 0.2) is 5.78 Å². The first-order valence-electron chi connectivity index (χ1n) is 11.3. The number of methoxy groups -OCH3 is 1. The van der Waals surface area contributed by atoms with E-state index in [0.29, 0.717) is 23.0 Å². The predicted molar refractivity (Wildman–Crippen MR) is 127 cm³/mol. The lowest BCUT2D eigenvalue weighted by atomic mass is 9.96. The van der Waals surface area contributed by atoms with Crippen LogP contribution in [-0.2, 0) is 22.4 Å². The van der Waals surface area contributed by atoms with Crippen molar-refractivity contribution in [3.63, 3.8) is 0 Å². The fourth-order valence-corrected chi connectivity index (χ4v) is 5.39. The molecule has 172 valence electrons. The standard InChI is InChI=1S/C26H32O5S/c1-4-6-23-24(14-13-22(17(2)27)26(23)29)31-19-7-5-8-21(16-19)32-20-11-9-18(10-12-20)15-25(28)30-3/h9-14,19,21,29H,4-8,15-16H2,1-3H3/t19-,21+/m0/s1. The molecule has 1 aliphatic carbocycles. The second-order valence-electron chi connectivity index (χ2n) is 8.29. The number of carbonyl (C=O) groups is 2. The van der Waals surface area contributed by atoms with Gasteiger partial charge in [0.2, 0.25) is 0 Å². The van der Waals surface area contributed by atoms with Crippen molar-refractivity contribution >= 4 is 23.5 Å². The molecule has 0 spiro atoms. The maximum absolute atomic E-state index is 11.8. The molecule has 5 nitrogen and oxygen atoms in total. The minimum atomic E-state index is -0.234. The van der Waals surface area contributed by atoms with Crippen molar-refractivity contribution in [3.8, 4) is 11.5 Å². The van der Waals surface area contributed by atoms with Crippen LogP contribution in [0.5, 0.6) is 11.5 Å². The number of ether oxygens (including phenoxy) is 2. The number of Topliss-reactive ketones (excluding diaryl/α,β-unsaturated/α-hetero) is 1. The number of phenols is 1. The Balaban J connectivity index is 1.64. The van der Waals surface area contributed by atoms with Gasteiger partial charge in [-0.2, -0.15) is 0 Å². The maximum Gasteiger partial charge on any atom is 0.309 e. The van der Waals surface area contributed by atoms with Crippen LogP contribution in [0.3, 0.4) is 0 Å². The van der Waals surface area contributed by atoms with Crippen LogP contribution in [0, 0.1) is 0 Å². The summed E-state index contributed by atoms with van der Waals surface area (Å²) < 4.78 is 11.1. The van der Waals surface area contributed by atoms with Crippen LogP contribution in [0.1, 0.15) is 67.4 Å². The molecule has 0 aliphatic heterocycles. The normalized spacial score (nSPS) is 18.2. The summed E-state index contributed by atoms with van der Waals surface area (Å²) in [6.45, 7) is 3.52. The van der Waals surface area contributed by atoms with E-state index in [0.717, 1.165) is 43.2 Å². The van der Waals surface area contributed by atoms with Crippen LogP contribution in [0.4, 0.5) is 0 Å². The molecule has 2 aromatic carbocycles. The van der Waals surface area contributed by atoms with E-state index >= 15 is 0 Å². The molecule has 6 heteroatoms. The molecule has 0 aromatic heterocycles. The number of carbonyl (C=O) groups excluding carboxylic acids is 2. The second kappa shape index (κ2) is 11.4. The first-order chi connectivity index (χ1) is 15.4. The average molecular weight is 457 g/mol. The molecule has 3 rings (SSSR count). The fraction of sp³-hybridized carbons (Fsp3) is 0.462. The maximum atomic E-state index is 11.8. The van der Waals surface area contributed by atoms with Gasteiger partial charge < -0.3 is 14.6 Å². The van der Waals surface area contributed by atoms with E-state index in [-0.39, 0.29) is 30.0 Å². The topological polar surface area (TPSA) is 72.8 Å². The minimum absolute atomic E-state index is 0.0608. The Kier molecular flexibility index (Phi) is 8.62. The van der Waals surface area contributed by atoms with Crippen LogP contribution in [0.15, 0.2) is 41.3 Å². The minimum Gasteiger partial charge on any atom is -0.507 e. The zero-order chi connectivity index (χ0) is 23.1. The molecule has 0 bridgehead atoms. The van der Waals surface area contributed by atoms with E-state index in [1.807, 2.05) is 36.9 Å². The molecule has 0 unspecified atom stereocenters. The average Bonchev–Trinajstić information content (AvgIpc) is 2.77. The van der Waals surface area contributed by atoms with Crippen LogP contribution in [0.25, 0.3) is 0 Å². The molecular formula is C26H32O5S. The Labute approximate surface area is 194 Å². The highest BCUT2D eigenvalue weighted by atomic mass is 32.2. The smallest absolute Gasteiger partial charge is 0.309 e. The third-order valence-electron chi connectivity index (χ3n) is 5.79. The molecule has 1 saturated carbocycles. The molecule has 0 heterocycles. The van der Waals surface area contributed by atoms with Gasteiger partial charge in [0.05, 0.1) is 25.2 Å². The number of benzene rings is 2. The van der Waals surface area contributed by atoms with Gasteiger partial charge in [0.1, 0.15) is 11.5 Å². The lowest BCUT2D eigenvalue weighted by molar-refractivity contribution is -0.139. The van der Waals surface area contributed by atoms with E-state index < -0.39 is 0 Å². The van der Waals surface area contributed by atoms with Crippen LogP contribution in [-0.4, -0.2) is 35.3 Å². The number of hydrogen-bond acceptors (Lipinski definition) is 6. The largest absolute Gasteiger partial charge is 0.507 e. The lowest BCUT2D eigenvalue weighted by Gasteiger charge is -2.30. The van der Waals surface area contributed by atoms with Crippen molar-refractivity contribution < 1.29 is 24.2 Å². The number of aromatic hydroxyl groups is 1. The van der Waals surface area contributed by atoms with E-state index in [1.165, 1.54) is 18.9 Å². The molecule has 32 heavy (non-hydrogen) atoms. The van der Waals surface area contributed by atoms with Gasteiger partial charge in [0, 0.05) is 15.7 Å². The second-order valence-corrected chi connectivity index (χ2v) is 9.66. The first kappa shape index (κ1) is 24.2. The third-order valence-corrected chi connectivity index (χ3v) is 7.10. The Morgan fingerprint density at radius 1 is 1.12 bits per heavy atom. The third kappa shape index (κ3) is 6.28. The highest BCUT2D eigenvalue weighted by molar-refractivity contribution is 8.00. The van der Waals surface area contributed by atoms with E-state index in [1.54, 1.807) is 6.07 Å². The predicted octanol–water partition coefficient (Wildman–Crippen LogP) is 5.75. The summed E-state index contributed by atoms with van der Waals surface area (Å²) in [6.07, 6.45) is 6.03.